The molecule has 5 heteroatoms. The van der Waals surface area contributed by atoms with E-state index in [0.29, 0.717) is 30.1 Å². The average molecular weight is 335 g/mol. The van der Waals surface area contributed by atoms with Gasteiger partial charge in [0, 0.05) is 24.8 Å². The van der Waals surface area contributed by atoms with Crippen LogP contribution in [0.1, 0.15) is 25.0 Å². The number of anilines is 1. The zero-order valence-corrected chi connectivity index (χ0v) is 14.5. The number of nitrogens with zero attached hydrogens (tertiary/aromatic N) is 3. The van der Waals surface area contributed by atoms with Crippen molar-refractivity contribution < 1.29 is 9.47 Å². The molecule has 0 aliphatic heterocycles. The van der Waals surface area contributed by atoms with Crippen molar-refractivity contribution in [1.82, 2.24) is 0 Å². The fourth-order valence-corrected chi connectivity index (χ4v) is 2.48. The van der Waals surface area contributed by atoms with E-state index in [-0.39, 0.29) is 0 Å². The molecule has 0 unspecified atom stereocenters. The van der Waals surface area contributed by atoms with Crippen LogP contribution in [0.4, 0.5) is 5.69 Å². The Bertz CT molecular complexity index is 786. The van der Waals surface area contributed by atoms with Gasteiger partial charge in [-0.15, -0.1) is 0 Å². The lowest BCUT2D eigenvalue weighted by Crippen LogP contribution is -2.21. The van der Waals surface area contributed by atoms with Crippen LogP contribution in [0.25, 0.3) is 0 Å². The zero-order valence-electron chi connectivity index (χ0n) is 14.5. The monoisotopic (exact) mass is 335 g/mol. The van der Waals surface area contributed by atoms with Gasteiger partial charge in [-0.3, -0.25) is 0 Å². The van der Waals surface area contributed by atoms with Gasteiger partial charge in [0.25, 0.3) is 0 Å². The smallest absolute Gasteiger partial charge is 0.122 e. The summed E-state index contributed by atoms with van der Waals surface area (Å²) >= 11 is 0. The molecular weight excluding hydrogens is 314 g/mol. The maximum absolute atomic E-state index is 9.02. The van der Waals surface area contributed by atoms with Gasteiger partial charge in [-0.1, -0.05) is 6.07 Å². The maximum atomic E-state index is 9.02. The number of hydrogen-bond acceptors (Lipinski definition) is 5. The summed E-state index contributed by atoms with van der Waals surface area (Å²) in [7, 11) is 0. The molecule has 0 spiro atoms. The van der Waals surface area contributed by atoms with Gasteiger partial charge in [0.2, 0.25) is 0 Å². The molecule has 0 aliphatic carbocycles. The molecule has 5 nitrogen and oxygen atoms in total. The highest BCUT2D eigenvalue weighted by atomic mass is 16.5. The lowest BCUT2D eigenvalue weighted by molar-refractivity contribution is 0.217. The van der Waals surface area contributed by atoms with Crippen molar-refractivity contribution >= 4 is 5.69 Å². The van der Waals surface area contributed by atoms with Crippen LogP contribution in [0.3, 0.4) is 0 Å². The maximum Gasteiger partial charge on any atom is 0.122 e. The summed E-state index contributed by atoms with van der Waals surface area (Å²) in [5.41, 5.74) is 1.79. The average Bonchev–Trinajstić information content (AvgIpc) is 2.66. The summed E-state index contributed by atoms with van der Waals surface area (Å²) in [5.74, 6) is 1.35. The Morgan fingerprint density at radius 3 is 2.08 bits per heavy atom. The largest absolute Gasteiger partial charge is 0.490 e. The summed E-state index contributed by atoms with van der Waals surface area (Å²) in [6.07, 6.45) is 0. The van der Waals surface area contributed by atoms with E-state index in [1.54, 1.807) is 18.2 Å². The number of rotatable bonds is 8. The fraction of sp³-hybridized carbons (Fsp3) is 0.300. The van der Waals surface area contributed by atoms with Crippen LogP contribution in [0.2, 0.25) is 0 Å². The Labute approximate surface area is 148 Å². The van der Waals surface area contributed by atoms with Crippen LogP contribution in [-0.2, 0) is 0 Å². The predicted octanol–water partition coefficient (Wildman–Crippen LogP) is 3.73. The number of hydrogen-bond donors (Lipinski definition) is 0. The van der Waals surface area contributed by atoms with Crippen molar-refractivity contribution in [3.8, 4) is 23.6 Å². The van der Waals surface area contributed by atoms with Gasteiger partial charge in [-0.05, 0) is 44.2 Å². The van der Waals surface area contributed by atoms with Gasteiger partial charge in [0.05, 0.1) is 11.1 Å². The van der Waals surface area contributed by atoms with Crippen LogP contribution in [0.5, 0.6) is 11.5 Å². The Kier molecular flexibility index (Phi) is 6.68. The molecule has 2 aromatic rings. The minimum Gasteiger partial charge on any atom is -0.490 e. The summed E-state index contributed by atoms with van der Waals surface area (Å²) in [6.45, 7) is 6.89. The van der Waals surface area contributed by atoms with E-state index in [0.717, 1.165) is 24.5 Å². The topological polar surface area (TPSA) is 69.3 Å². The summed E-state index contributed by atoms with van der Waals surface area (Å²) in [4.78, 5) is 2.25. The van der Waals surface area contributed by atoms with E-state index in [4.69, 9.17) is 20.0 Å². The highest BCUT2D eigenvalue weighted by Gasteiger charge is 2.05. The molecule has 0 radical (unpaired) electrons. The summed E-state index contributed by atoms with van der Waals surface area (Å²) in [5, 5.41) is 17.9. The molecule has 0 N–H and O–H groups in total. The first kappa shape index (κ1) is 18.2. The third-order valence-corrected chi connectivity index (χ3v) is 3.80. The van der Waals surface area contributed by atoms with E-state index < -0.39 is 0 Å². The third kappa shape index (κ3) is 4.89. The molecule has 2 aromatic carbocycles. The van der Waals surface area contributed by atoms with Crippen LogP contribution < -0.4 is 14.4 Å². The highest BCUT2D eigenvalue weighted by Crippen LogP contribution is 2.21. The summed E-state index contributed by atoms with van der Waals surface area (Å²) < 4.78 is 11.3. The first-order chi connectivity index (χ1) is 12.2. The molecule has 0 bridgehead atoms. The Balaban J connectivity index is 1.89. The van der Waals surface area contributed by atoms with Crippen molar-refractivity contribution in [1.29, 1.82) is 10.5 Å². The molecule has 0 atom stereocenters. The van der Waals surface area contributed by atoms with Crippen molar-refractivity contribution in [2.45, 2.75) is 13.8 Å². The normalized spacial score (nSPS) is 9.76. The van der Waals surface area contributed by atoms with Crippen molar-refractivity contribution in [2.24, 2.45) is 0 Å². The lowest BCUT2D eigenvalue weighted by Gasteiger charge is -2.21. The van der Waals surface area contributed by atoms with E-state index in [9.17, 15) is 0 Å². The number of nitriles is 2. The second-order valence-electron chi connectivity index (χ2n) is 5.30. The molecule has 0 saturated heterocycles. The predicted molar refractivity (Wildman–Crippen MR) is 96.9 cm³/mol. The van der Waals surface area contributed by atoms with Gasteiger partial charge in [-0.25, -0.2) is 0 Å². The SMILES string of the molecule is CCN(CC)c1cccc(OCCOc2ccc(C#N)c(C#N)c2)c1. The van der Waals surface area contributed by atoms with Gasteiger partial charge in [0.1, 0.15) is 36.9 Å². The molecule has 25 heavy (non-hydrogen) atoms. The molecule has 0 aliphatic rings. The van der Waals surface area contributed by atoms with Crippen molar-refractivity contribution in [2.75, 3.05) is 31.2 Å². The summed E-state index contributed by atoms with van der Waals surface area (Å²) in [6, 6.07) is 16.8. The second kappa shape index (κ2) is 9.20. The highest BCUT2D eigenvalue weighted by molar-refractivity contribution is 5.50. The molecule has 0 amide bonds. The van der Waals surface area contributed by atoms with Crippen LogP contribution in [0.15, 0.2) is 42.5 Å². The molecule has 0 saturated carbocycles. The first-order valence-electron chi connectivity index (χ1n) is 8.26. The Hall–Kier alpha value is -3.18. The van der Waals surface area contributed by atoms with Crippen LogP contribution >= 0.6 is 0 Å². The second-order valence-corrected chi connectivity index (χ2v) is 5.30. The number of benzene rings is 2. The standard InChI is InChI=1S/C20H21N3O2/c1-3-23(4-2)18-6-5-7-19(13-18)24-10-11-25-20-9-8-16(14-21)17(12-20)15-22/h5-9,12-13H,3-4,10-11H2,1-2H3. The molecule has 0 heterocycles. The lowest BCUT2D eigenvalue weighted by atomic mass is 10.1. The molecule has 2 rings (SSSR count). The molecule has 0 fully saturated rings. The zero-order chi connectivity index (χ0) is 18.1. The minimum atomic E-state index is 0.313. The quantitative estimate of drug-likeness (QED) is 0.687. The molecular formula is C20H21N3O2. The van der Waals surface area contributed by atoms with Crippen molar-refractivity contribution in [3.05, 3.63) is 53.6 Å². The van der Waals surface area contributed by atoms with E-state index in [1.807, 2.05) is 30.3 Å². The van der Waals surface area contributed by atoms with Gasteiger partial charge in [-0.2, -0.15) is 10.5 Å². The Morgan fingerprint density at radius 2 is 1.48 bits per heavy atom. The molecule has 0 aromatic heterocycles. The van der Waals surface area contributed by atoms with Gasteiger partial charge >= 0.3 is 0 Å². The van der Waals surface area contributed by atoms with E-state index >= 15 is 0 Å². The number of ether oxygens (including phenoxy) is 2. The first-order valence-corrected chi connectivity index (χ1v) is 8.26. The van der Waals surface area contributed by atoms with E-state index in [2.05, 4.69) is 24.8 Å². The van der Waals surface area contributed by atoms with Crippen LogP contribution in [-0.4, -0.2) is 26.3 Å². The molecule has 128 valence electrons. The fourth-order valence-electron chi connectivity index (χ4n) is 2.48. The third-order valence-electron chi connectivity index (χ3n) is 3.80. The van der Waals surface area contributed by atoms with Crippen molar-refractivity contribution in [3.63, 3.8) is 0 Å². The van der Waals surface area contributed by atoms with E-state index in [1.165, 1.54) is 0 Å². The van der Waals surface area contributed by atoms with Gasteiger partial charge in [0.15, 0.2) is 0 Å². The van der Waals surface area contributed by atoms with Gasteiger partial charge < -0.3 is 14.4 Å². The Morgan fingerprint density at radius 1 is 0.840 bits per heavy atom. The van der Waals surface area contributed by atoms with Crippen LogP contribution in [0, 0.1) is 22.7 Å². The minimum absolute atomic E-state index is 0.313.